The maximum absolute atomic E-state index is 12.8. The number of rotatable bonds is 3. The molecule has 1 amide bonds. The summed E-state index contributed by atoms with van der Waals surface area (Å²) in [5, 5.41) is 1.62. The maximum atomic E-state index is 12.8. The topological polar surface area (TPSA) is 41.5 Å². The van der Waals surface area contributed by atoms with Crippen molar-refractivity contribution in [2.45, 2.75) is 18.3 Å². The van der Waals surface area contributed by atoms with Gasteiger partial charge in [-0.1, -0.05) is 35.1 Å². The molecule has 0 aliphatic carbocycles. The predicted molar refractivity (Wildman–Crippen MR) is 86.9 cm³/mol. The summed E-state index contributed by atoms with van der Waals surface area (Å²) in [5.74, 6) is 0.513. The van der Waals surface area contributed by atoms with E-state index in [9.17, 15) is 18.0 Å². The first-order chi connectivity index (χ1) is 10.3. The fraction of sp³-hybridized carbons (Fsp3) is 0.385. The van der Waals surface area contributed by atoms with Crippen LogP contribution in [0, 0.1) is 0 Å². The third-order valence-corrected chi connectivity index (χ3v) is 5.38. The third-order valence-electron chi connectivity index (χ3n) is 2.74. The Balaban J connectivity index is 2.05. The molecular weight excluding hydrogens is 357 g/mol. The summed E-state index contributed by atoms with van der Waals surface area (Å²) in [7, 11) is 0. The number of hydrogen-bond donors (Lipinski definition) is 1. The Morgan fingerprint density at radius 3 is 2.82 bits per heavy atom. The number of thioether (sulfide) groups is 2. The van der Waals surface area contributed by atoms with E-state index in [2.05, 4.69) is 10.3 Å². The zero-order valence-electron chi connectivity index (χ0n) is 11.4. The van der Waals surface area contributed by atoms with E-state index in [1.807, 2.05) is 0 Å². The van der Waals surface area contributed by atoms with E-state index in [0.717, 1.165) is 28.8 Å². The Kier molecular flexibility index (Phi) is 5.68. The lowest BCUT2D eigenvalue weighted by molar-refractivity contribution is -0.137. The third kappa shape index (κ3) is 4.57. The number of amides is 1. The average molecular weight is 369 g/mol. The normalized spacial score (nSPS) is 16.3. The van der Waals surface area contributed by atoms with Crippen LogP contribution in [0.25, 0.3) is 0 Å². The van der Waals surface area contributed by atoms with Crippen LogP contribution in [0.2, 0.25) is 5.02 Å². The van der Waals surface area contributed by atoms with Gasteiger partial charge in [-0.15, -0.1) is 0 Å². The minimum atomic E-state index is -4.56. The number of nitrogens with one attached hydrogen (secondary N) is 1. The van der Waals surface area contributed by atoms with Crippen molar-refractivity contribution in [3.05, 3.63) is 28.8 Å². The van der Waals surface area contributed by atoms with Crippen LogP contribution < -0.4 is 5.32 Å². The molecule has 1 aromatic rings. The Morgan fingerprint density at radius 1 is 1.50 bits per heavy atom. The van der Waals surface area contributed by atoms with E-state index in [1.165, 1.54) is 17.8 Å². The highest BCUT2D eigenvalue weighted by Gasteiger charge is 2.33. The van der Waals surface area contributed by atoms with Gasteiger partial charge in [0, 0.05) is 11.4 Å². The molecule has 1 N–H and O–H groups in total. The van der Waals surface area contributed by atoms with Crippen LogP contribution >= 0.6 is 35.1 Å². The lowest BCUT2D eigenvalue weighted by atomic mass is 10.2. The van der Waals surface area contributed by atoms with Crippen molar-refractivity contribution >= 4 is 51.1 Å². The lowest BCUT2D eigenvalue weighted by Crippen LogP contribution is -2.23. The number of anilines is 1. The molecule has 120 valence electrons. The molecule has 22 heavy (non-hydrogen) atoms. The summed E-state index contributed by atoms with van der Waals surface area (Å²) in [6, 6.07) is 3.29. The quantitative estimate of drug-likeness (QED) is 0.852. The van der Waals surface area contributed by atoms with Gasteiger partial charge < -0.3 is 5.32 Å². The molecule has 0 fully saturated rings. The summed E-state index contributed by atoms with van der Waals surface area (Å²) in [4.78, 5) is 16.3. The van der Waals surface area contributed by atoms with E-state index < -0.39 is 22.0 Å². The zero-order valence-corrected chi connectivity index (χ0v) is 13.8. The highest BCUT2D eigenvalue weighted by atomic mass is 35.5. The van der Waals surface area contributed by atoms with Crippen LogP contribution in [0.1, 0.15) is 12.5 Å². The van der Waals surface area contributed by atoms with E-state index >= 15 is 0 Å². The molecule has 1 unspecified atom stereocenters. The molecule has 0 spiro atoms. The van der Waals surface area contributed by atoms with E-state index in [0.29, 0.717) is 0 Å². The summed E-state index contributed by atoms with van der Waals surface area (Å²) >= 11 is 8.41. The Labute approximate surface area is 139 Å². The number of nitrogens with zero attached hydrogens (tertiary/aromatic N) is 1. The summed E-state index contributed by atoms with van der Waals surface area (Å²) in [6.07, 6.45) is -4.56. The fourth-order valence-electron chi connectivity index (χ4n) is 1.66. The summed E-state index contributed by atoms with van der Waals surface area (Å²) < 4.78 is 39.2. The highest BCUT2D eigenvalue weighted by molar-refractivity contribution is 8.39. The molecule has 0 saturated heterocycles. The van der Waals surface area contributed by atoms with Crippen LogP contribution in [0.3, 0.4) is 0 Å². The fourth-order valence-corrected chi connectivity index (χ4v) is 4.01. The highest BCUT2D eigenvalue weighted by Crippen LogP contribution is 2.36. The molecule has 0 aromatic heterocycles. The lowest BCUT2D eigenvalue weighted by Gasteiger charge is -2.14. The van der Waals surface area contributed by atoms with Crippen LogP contribution in [0.4, 0.5) is 18.9 Å². The van der Waals surface area contributed by atoms with Crippen molar-refractivity contribution in [2.75, 3.05) is 17.6 Å². The van der Waals surface area contributed by atoms with E-state index in [-0.39, 0.29) is 11.6 Å². The number of aliphatic imine (C=N–C) groups is 1. The number of alkyl halides is 3. The molecule has 1 aromatic carbocycles. The van der Waals surface area contributed by atoms with E-state index in [4.69, 9.17) is 11.6 Å². The molecule has 2 rings (SSSR count). The maximum Gasteiger partial charge on any atom is 0.417 e. The molecular formula is C13H12ClF3N2OS2. The second-order valence-corrected chi connectivity index (χ2v) is 7.52. The first kappa shape index (κ1) is 17.5. The SMILES string of the molecule is CC(SC1=NCCS1)C(=O)Nc1ccc(Cl)c(C(F)(F)F)c1. The van der Waals surface area contributed by atoms with Gasteiger partial charge in [-0.25, -0.2) is 0 Å². The van der Waals surface area contributed by atoms with Crippen molar-refractivity contribution < 1.29 is 18.0 Å². The van der Waals surface area contributed by atoms with Gasteiger partial charge in [0.15, 0.2) is 0 Å². The summed E-state index contributed by atoms with van der Waals surface area (Å²) in [6.45, 7) is 2.41. The number of benzene rings is 1. The Morgan fingerprint density at radius 2 is 2.23 bits per heavy atom. The predicted octanol–water partition coefficient (Wildman–Crippen LogP) is 4.52. The number of halogens is 4. The molecule has 0 bridgehead atoms. The number of hydrogen-bond acceptors (Lipinski definition) is 4. The molecule has 1 atom stereocenters. The first-order valence-electron chi connectivity index (χ1n) is 6.29. The average Bonchev–Trinajstić information content (AvgIpc) is 2.92. The molecule has 0 radical (unpaired) electrons. The Bertz CT molecular complexity index is 607. The molecule has 1 aliphatic heterocycles. The molecule has 0 saturated carbocycles. The minimum Gasteiger partial charge on any atom is -0.325 e. The number of carbonyl (C=O) groups is 1. The van der Waals surface area contributed by atoms with Gasteiger partial charge in [0.05, 0.1) is 22.4 Å². The second-order valence-electron chi connectivity index (χ2n) is 4.44. The van der Waals surface area contributed by atoms with Crippen LogP contribution in [-0.2, 0) is 11.0 Å². The van der Waals surface area contributed by atoms with Gasteiger partial charge in [-0.2, -0.15) is 13.2 Å². The second kappa shape index (κ2) is 7.14. The molecule has 1 aliphatic rings. The summed E-state index contributed by atoms with van der Waals surface area (Å²) in [5.41, 5.74) is -0.904. The van der Waals surface area contributed by atoms with Crippen molar-refractivity contribution in [3.8, 4) is 0 Å². The van der Waals surface area contributed by atoms with Crippen LogP contribution in [0.5, 0.6) is 0 Å². The molecule has 9 heteroatoms. The van der Waals surface area contributed by atoms with Crippen molar-refractivity contribution in [3.63, 3.8) is 0 Å². The van der Waals surface area contributed by atoms with Gasteiger partial charge in [-0.05, 0) is 25.1 Å². The van der Waals surface area contributed by atoms with E-state index in [1.54, 1.807) is 18.7 Å². The van der Waals surface area contributed by atoms with Crippen LogP contribution in [-0.4, -0.2) is 27.8 Å². The van der Waals surface area contributed by atoms with Crippen LogP contribution in [0.15, 0.2) is 23.2 Å². The first-order valence-corrected chi connectivity index (χ1v) is 8.53. The standard InChI is InChI=1S/C13H12ClF3N2OS2/c1-7(22-12-18-4-5-21-12)11(20)19-8-2-3-10(14)9(6-8)13(15,16)17/h2-3,6-7H,4-5H2,1H3,(H,19,20). The van der Waals surface area contributed by atoms with Gasteiger partial charge in [0.25, 0.3) is 0 Å². The van der Waals surface area contributed by atoms with Gasteiger partial charge >= 0.3 is 6.18 Å². The molecule has 3 nitrogen and oxygen atoms in total. The van der Waals surface area contributed by atoms with Crippen molar-refractivity contribution in [1.82, 2.24) is 0 Å². The largest absolute Gasteiger partial charge is 0.417 e. The smallest absolute Gasteiger partial charge is 0.325 e. The number of carbonyl (C=O) groups excluding carboxylic acids is 1. The molecule has 1 heterocycles. The van der Waals surface area contributed by atoms with Crippen molar-refractivity contribution in [1.29, 1.82) is 0 Å². The minimum absolute atomic E-state index is 0.0650. The Hall–Kier alpha value is -0.860. The monoisotopic (exact) mass is 368 g/mol. The van der Waals surface area contributed by atoms with Gasteiger partial charge in [0.2, 0.25) is 5.91 Å². The van der Waals surface area contributed by atoms with Crippen molar-refractivity contribution in [2.24, 2.45) is 4.99 Å². The zero-order chi connectivity index (χ0) is 16.3. The van der Waals surface area contributed by atoms with Gasteiger partial charge in [-0.3, -0.25) is 9.79 Å². The van der Waals surface area contributed by atoms with Gasteiger partial charge in [0.1, 0.15) is 4.38 Å².